The van der Waals surface area contributed by atoms with E-state index in [1.165, 1.54) is 11.1 Å². The number of rotatable bonds is 9. The monoisotopic (exact) mass is 832 g/mol. The second kappa shape index (κ2) is 17.9. The Morgan fingerprint density at radius 2 is 1.98 bits per heavy atom. The van der Waals surface area contributed by atoms with Gasteiger partial charge in [-0.1, -0.05) is 50.6 Å². The zero-order chi connectivity index (χ0) is 41.2. The smallest absolute Gasteiger partial charge is 0.286 e. The summed E-state index contributed by atoms with van der Waals surface area (Å²) in [6.07, 6.45) is 11.6. The third-order valence-electron chi connectivity index (χ3n) is 12.5. The number of allylic oxidation sites excluding steroid dienone is 1. The summed E-state index contributed by atoms with van der Waals surface area (Å²) in [6, 6.07) is 14.1. The van der Waals surface area contributed by atoms with Crippen LogP contribution in [0.5, 0.6) is 5.75 Å². The zero-order valence-corrected chi connectivity index (χ0v) is 36.5. The summed E-state index contributed by atoms with van der Waals surface area (Å²) in [6.45, 7) is 11.6. The number of anilines is 1. The number of aromatic nitrogens is 1. The lowest BCUT2D eigenvalue weighted by Crippen LogP contribution is -2.49. The predicted molar refractivity (Wildman–Crippen MR) is 232 cm³/mol. The molecule has 2 amide bonds. The van der Waals surface area contributed by atoms with Crippen LogP contribution in [0.1, 0.15) is 97.3 Å². The number of nitrogens with zero attached hydrogens (tertiary/aromatic N) is 3. The van der Waals surface area contributed by atoms with Crippen LogP contribution < -0.4 is 25.0 Å². The van der Waals surface area contributed by atoms with Gasteiger partial charge < -0.3 is 29.6 Å². The quantitative estimate of drug-likeness (QED) is 0.193. The molecule has 2 bridgehead atoms. The van der Waals surface area contributed by atoms with E-state index in [1.54, 1.807) is 25.4 Å². The Hall–Kier alpha value is -3.68. The van der Waals surface area contributed by atoms with Gasteiger partial charge in [-0.15, -0.1) is 4.36 Å². The Labute approximate surface area is 350 Å². The van der Waals surface area contributed by atoms with Gasteiger partial charge >= 0.3 is 0 Å². The van der Waals surface area contributed by atoms with Gasteiger partial charge in [0, 0.05) is 80.3 Å². The van der Waals surface area contributed by atoms with E-state index in [-0.39, 0.29) is 29.2 Å². The van der Waals surface area contributed by atoms with E-state index in [2.05, 4.69) is 69.7 Å². The first-order valence-corrected chi connectivity index (χ1v) is 23.0. The van der Waals surface area contributed by atoms with Crippen LogP contribution in [0.15, 0.2) is 65.2 Å². The van der Waals surface area contributed by atoms with Crippen LogP contribution in [0.4, 0.5) is 5.69 Å². The van der Waals surface area contributed by atoms with Crippen molar-refractivity contribution in [3.8, 4) is 5.75 Å². The Bertz CT molecular complexity index is 2140. The summed E-state index contributed by atoms with van der Waals surface area (Å²) >= 11 is 6.49. The molecule has 314 valence electrons. The number of hydrogen-bond acceptors (Lipinski definition) is 8. The van der Waals surface area contributed by atoms with Gasteiger partial charge in [0.1, 0.15) is 15.7 Å². The molecule has 11 nitrogen and oxygen atoms in total. The minimum Gasteiger partial charge on any atom is -0.490 e. The number of nitrogens with one attached hydrogen (secondary N) is 3. The Morgan fingerprint density at radius 3 is 2.74 bits per heavy atom. The minimum atomic E-state index is -3.56. The number of aryl methyl sites for hydroxylation is 2. The lowest BCUT2D eigenvalue weighted by Gasteiger charge is -2.46. The van der Waals surface area contributed by atoms with Crippen molar-refractivity contribution in [3.63, 3.8) is 0 Å². The molecule has 1 spiro atoms. The number of methoxy groups -OCH3 is 1. The van der Waals surface area contributed by atoms with Crippen LogP contribution in [0.25, 0.3) is 0 Å². The van der Waals surface area contributed by atoms with Gasteiger partial charge in [0.05, 0.1) is 29.7 Å². The third kappa shape index (κ3) is 9.52. The lowest BCUT2D eigenvalue weighted by molar-refractivity contribution is 0.0131. The highest BCUT2D eigenvalue weighted by Crippen LogP contribution is 2.47. The highest BCUT2D eigenvalue weighted by atomic mass is 35.5. The fraction of sp³-hybridized carbons (Fsp3) is 0.556. The normalized spacial score (nSPS) is 28.3. The number of carbonyl (C=O) groups is 2. The molecule has 0 saturated heterocycles. The van der Waals surface area contributed by atoms with Crippen LogP contribution in [-0.4, -0.2) is 77.9 Å². The van der Waals surface area contributed by atoms with Crippen LogP contribution in [0.2, 0.25) is 5.02 Å². The molecule has 1 fully saturated rings. The van der Waals surface area contributed by atoms with Gasteiger partial charge in [-0.05, 0) is 111 Å². The predicted octanol–water partition coefficient (Wildman–Crippen LogP) is 7.22. The molecule has 4 aliphatic rings. The summed E-state index contributed by atoms with van der Waals surface area (Å²) in [7, 11) is 0.0930. The van der Waals surface area contributed by atoms with Gasteiger partial charge in [-0.3, -0.25) is 14.3 Å². The number of hydrogen-bond donors (Lipinski definition) is 3. The highest BCUT2D eigenvalue weighted by molar-refractivity contribution is 7.92. The van der Waals surface area contributed by atoms with Crippen molar-refractivity contribution >= 4 is 39.0 Å². The minimum absolute atomic E-state index is 0.00658. The molecular formula is C45H61ClN6O5S. The average molecular weight is 834 g/mol. The molecule has 58 heavy (non-hydrogen) atoms. The topological polar surface area (TPSA) is 126 Å². The summed E-state index contributed by atoms with van der Waals surface area (Å²) in [5.74, 6) is 0.105. The van der Waals surface area contributed by atoms with Gasteiger partial charge in [0.2, 0.25) is 0 Å². The molecule has 2 aliphatic carbocycles. The maximum atomic E-state index is 14.8. The first kappa shape index (κ1) is 42.4. The van der Waals surface area contributed by atoms with E-state index in [4.69, 9.17) is 21.1 Å². The van der Waals surface area contributed by atoms with E-state index < -0.39 is 21.7 Å². The molecule has 2 aromatic carbocycles. The number of ether oxygens (including phenoxy) is 2. The van der Waals surface area contributed by atoms with Crippen LogP contribution in [0.3, 0.4) is 0 Å². The zero-order valence-electron chi connectivity index (χ0n) is 34.9. The van der Waals surface area contributed by atoms with Crippen molar-refractivity contribution in [3.05, 3.63) is 93.8 Å². The van der Waals surface area contributed by atoms with E-state index in [1.807, 2.05) is 36.7 Å². The van der Waals surface area contributed by atoms with Gasteiger partial charge in [-0.2, -0.15) is 0 Å². The summed E-state index contributed by atoms with van der Waals surface area (Å²) in [5.41, 5.74) is 4.66. The first-order valence-electron chi connectivity index (χ1n) is 21.0. The molecule has 7 atom stereocenters. The molecule has 0 unspecified atom stereocenters. The van der Waals surface area contributed by atoms with Crippen molar-refractivity contribution in [2.45, 2.75) is 96.4 Å². The summed E-state index contributed by atoms with van der Waals surface area (Å²) in [5, 5.41) is 7.67. The van der Waals surface area contributed by atoms with Gasteiger partial charge in [0.25, 0.3) is 11.8 Å². The van der Waals surface area contributed by atoms with Gasteiger partial charge in [0.15, 0.2) is 0 Å². The summed E-state index contributed by atoms with van der Waals surface area (Å²) < 4.78 is 36.6. The third-order valence-corrected chi connectivity index (χ3v) is 14.7. The van der Waals surface area contributed by atoms with E-state index in [9.17, 15) is 13.8 Å². The molecule has 7 rings (SSSR count). The van der Waals surface area contributed by atoms with Crippen LogP contribution in [0, 0.1) is 17.8 Å². The average Bonchev–Trinajstić information content (AvgIpc) is 3.46. The van der Waals surface area contributed by atoms with Crippen molar-refractivity contribution < 1.29 is 23.3 Å². The van der Waals surface area contributed by atoms with Crippen molar-refractivity contribution in [1.29, 1.82) is 0 Å². The second-order valence-electron chi connectivity index (χ2n) is 17.6. The molecule has 0 radical (unpaired) electrons. The van der Waals surface area contributed by atoms with E-state index >= 15 is 0 Å². The maximum absolute atomic E-state index is 14.8. The largest absolute Gasteiger partial charge is 0.490 e. The van der Waals surface area contributed by atoms with Crippen molar-refractivity contribution in [1.82, 2.24) is 19.9 Å². The summed E-state index contributed by atoms with van der Waals surface area (Å²) in [4.78, 5) is 30.5. The Morgan fingerprint density at radius 1 is 1.16 bits per heavy atom. The number of benzene rings is 2. The van der Waals surface area contributed by atoms with Crippen LogP contribution in [-0.2, 0) is 40.1 Å². The molecular weight excluding hydrogens is 772 g/mol. The maximum Gasteiger partial charge on any atom is 0.286 e. The van der Waals surface area contributed by atoms with E-state index in [0.717, 1.165) is 61.6 Å². The molecule has 2 aliphatic heterocycles. The van der Waals surface area contributed by atoms with Gasteiger partial charge in [-0.25, -0.2) is 4.21 Å². The molecule has 13 heteroatoms. The molecule has 3 aromatic rings. The molecule has 1 aromatic heterocycles. The number of halogens is 1. The SMILES string of the molecule is CO[C@H]1/C=C/C[C@H](C)C[S@@](=O)(NC(=O)c2cc(CNC[C@@H](C)NC(C)C)n(C)c2)=NC(=O)c2ccc3c(c2)N(C[C@@H]2CC[C@H]21)C[C@@]1(CCCc2cc(Cl)ccc21)CO3. The molecule has 1 saturated carbocycles. The van der Waals surface area contributed by atoms with Crippen molar-refractivity contribution in [2.75, 3.05) is 44.0 Å². The molecule has 3 heterocycles. The Kier molecular flexibility index (Phi) is 13.1. The number of carbonyl (C=O) groups excluding carboxylic acids is 2. The van der Waals surface area contributed by atoms with Crippen LogP contribution >= 0.6 is 11.6 Å². The second-order valence-corrected chi connectivity index (χ2v) is 20.0. The lowest BCUT2D eigenvalue weighted by atomic mass is 9.68. The standard InChI is InChI=1S/C45H61ClN6O5S/c1-29(2)48-31(4)22-47-23-37-20-35(24-51(37)5)44(54)50-58(55)26-30(3)9-7-11-41(56-6)38-15-12-34(38)25-52-27-45(18-8-10-32-19-36(46)14-16-39(32)45)28-57-42-17-13-33(21-40(42)52)43(53)49-58/h7,11,13-14,16-17,19-21,24,29-31,34,38,41,47-48H,8-10,12,15,18,22-23,25-28H2,1-6H3,(H,49,50,53,54,55)/b11-7+/t30-,31+,34-,38+,41-,45-,58-/m0/s1. The van der Waals surface area contributed by atoms with E-state index in [0.29, 0.717) is 60.9 Å². The van der Waals surface area contributed by atoms with Crippen molar-refractivity contribution in [2.24, 2.45) is 29.2 Å². The molecule has 3 N–H and O–H groups in total. The first-order chi connectivity index (χ1) is 27.7. The number of fused-ring (bicyclic) bond motifs is 4. The number of amides is 2. The fourth-order valence-electron chi connectivity index (χ4n) is 9.53. The highest BCUT2D eigenvalue weighted by Gasteiger charge is 2.44. The fourth-order valence-corrected chi connectivity index (χ4v) is 11.6. The Balaban J connectivity index is 1.21.